The van der Waals surface area contributed by atoms with Gasteiger partial charge in [0, 0.05) is 12.6 Å². The third kappa shape index (κ3) is 5.19. The molecular weight excluding hydrogens is 417 g/mol. The number of para-hydroxylation sites is 1. The smallest absolute Gasteiger partial charge is 0.444 e. The van der Waals surface area contributed by atoms with Gasteiger partial charge in [-0.3, -0.25) is 4.79 Å². The number of anilines is 1. The lowest BCUT2D eigenvalue weighted by molar-refractivity contribution is -0.119. The Labute approximate surface area is 165 Å². The first-order chi connectivity index (χ1) is 13.1. The molecule has 8 nitrogen and oxygen atoms in total. The minimum absolute atomic E-state index is 0.0790. The number of alkyl halides is 3. The number of rotatable bonds is 3. The van der Waals surface area contributed by atoms with Gasteiger partial charge in [0.15, 0.2) is 5.76 Å². The minimum atomic E-state index is -6.01. The highest BCUT2D eigenvalue weighted by Crippen LogP contribution is 2.35. The fourth-order valence-corrected chi connectivity index (χ4v) is 2.87. The number of nitrogens with one attached hydrogen (secondary N) is 1. The molecule has 1 aromatic carbocycles. The number of halogens is 3. The van der Waals surface area contributed by atoms with E-state index in [4.69, 9.17) is 4.74 Å². The Morgan fingerprint density at radius 2 is 1.76 bits per heavy atom. The van der Waals surface area contributed by atoms with E-state index in [1.165, 1.54) is 31.3 Å². The molecule has 1 heterocycles. The molecule has 1 unspecified atom stereocenters. The summed E-state index contributed by atoms with van der Waals surface area (Å²) < 4.78 is 70.8. The first kappa shape index (κ1) is 22.5. The summed E-state index contributed by atoms with van der Waals surface area (Å²) in [5, 5.41) is 2.20. The molecule has 1 aliphatic heterocycles. The van der Waals surface area contributed by atoms with Crippen molar-refractivity contribution in [1.82, 2.24) is 5.32 Å². The number of amides is 2. The second kappa shape index (κ2) is 7.58. The maximum atomic E-state index is 12.8. The van der Waals surface area contributed by atoms with Crippen molar-refractivity contribution in [1.29, 1.82) is 0 Å². The lowest BCUT2D eigenvalue weighted by atomic mass is 10.1. The molecule has 0 aromatic heterocycles. The van der Waals surface area contributed by atoms with Gasteiger partial charge in [-0.2, -0.15) is 21.6 Å². The highest BCUT2D eigenvalue weighted by Gasteiger charge is 2.49. The molecule has 0 saturated heterocycles. The van der Waals surface area contributed by atoms with Crippen LogP contribution in [-0.2, 0) is 23.8 Å². The number of carbonyl (C=O) groups is 2. The Hall–Kier alpha value is -2.76. The second-order valence-electron chi connectivity index (χ2n) is 7.05. The number of alkyl carbamates (subject to hydrolysis) is 1. The predicted octanol–water partition coefficient (Wildman–Crippen LogP) is 2.76. The molecular formula is C17H19F3N2O6S. The van der Waals surface area contributed by atoms with Crippen molar-refractivity contribution in [3.8, 4) is 0 Å². The molecule has 12 heteroatoms. The van der Waals surface area contributed by atoms with E-state index in [9.17, 15) is 31.2 Å². The molecule has 0 radical (unpaired) electrons. The summed E-state index contributed by atoms with van der Waals surface area (Å²) in [5.74, 6) is -1.50. The molecule has 0 fully saturated rings. The summed E-state index contributed by atoms with van der Waals surface area (Å²) >= 11 is 0. The zero-order valence-corrected chi connectivity index (χ0v) is 16.7. The number of benzene rings is 1. The van der Waals surface area contributed by atoms with Gasteiger partial charge in [0.05, 0.1) is 5.69 Å². The van der Waals surface area contributed by atoms with Crippen LogP contribution in [0.1, 0.15) is 26.3 Å². The van der Waals surface area contributed by atoms with Gasteiger partial charge < -0.3 is 19.1 Å². The molecule has 0 bridgehead atoms. The van der Waals surface area contributed by atoms with Gasteiger partial charge in [-0.15, -0.1) is 0 Å². The summed E-state index contributed by atoms with van der Waals surface area (Å²) in [4.78, 5) is 25.8. The zero-order valence-electron chi connectivity index (χ0n) is 15.9. The molecule has 0 aliphatic carbocycles. The average Bonchev–Trinajstić information content (AvgIpc) is 2.64. The molecule has 0 spiro atoms. The number of nitrogens with zero attached hydrogens (tertiary/aromatic N) is 1. The third-order valence-corrected chi connectivity index (χ3v) is 4.57. The number of hydrogen-bond acceptors (Lipinski definition) is 6. The van der Waals surface area contributed by atoms with E-state index in [0.717, 1.165) is 11.0 Å². The minimum Gasteiger partial charge on any atom is -0.444 e. The molecule has 1 N–H and O–H groups in total. The van der Waals surface area contributed by atoms with Crippen molar-refractivity contribution in [2.45, 2.75) is 37.9 Å². The van der Waals surface area contributed by atoms with Gasteiger partial charge in [0.2, 0.25) is 0 Å². The van der Waals surface area contributed by atoms with Crippen molar-refractivity contribution in [3.63, 3.8) is 0 Å². The van der Waals surface area contributed by atoms with E-state index in [0.29, 0.717) is 0 Å². The van der Waals surface area contributed by atoms with Gasteiger partial charge in [0.25, 0.3) is 5.91 Å². The number of hydrogen-bond donors (Lipinski definition) is 1. The van der Waals surface area contributed by atoms with Crippen LogP contribution in [0.15, 0.2) is 30.3 Å². The first-order valence-electron chi connectivity index (χ1n) is 8.21. The van der Waals surface area contributed by atoms with Gasteiger partial charge in [-0.25, -0.2) is 4.79 Å². The van der Waals surface area contributed by atoms with E-state index in [1.54, 1.807) is 20.8 Å². The summed E-state index contributed by atoms with van der Waals surface area (Å²) in [7, 11) is -4.69. The topological polar surface area (TPSA) is 102 Å². The van der Waals surface area contributed by atoms with E-state index in [1.807, 2.05) is 0 Å². The fraction of sp³-hybridized carbons (Fsp3) is 0.412. The fourth-order valence-electron chi connectivity index (χ4n) is 2.39. The van der Waals surface area contributed by atoms with Crippen molar-refractivity contribution < 1.29 is 40.1 Å². The molecule has 2 amide bonds. The van der Waals surface area contributed by atoms with Crippen LogP contribution in [0.25, 0.3) is 5.76 Å². The van der Waals surface area contributed by atoms with Crippen molar-refractivity contribution >= 4 is 33.6 Å². The standard InChI is InChI=1S/C17H19F3N2O6S/c1-16(2,3)27-15(24)21-11-9-13(28-29(25,26)17(18,19)20)10-7-5-6-8-12(10)22(4)14(11)23/h5-9,11H,1-4H3,(H,21,24). The number of fused-ring (bicyclic) bond motifs is 1. The van der Waals surface area contributed by atoms with E-state index in [2.05, 4.69) is 9.50 Å². The lowest BCUT2D eigenvalue weighted by Gasteiger charge is -2.24. The maximum Gasteiger partial charge on any atom is 0.534 e. The van der Waals surface area contributed by atoms with Crippen LogP contribution >= 0.6 is 0 Å². The van der Waals surface area contributed by atoms with E-state index < -0.39 is 45.0 Å². The normalized spacial score (nSPS) is 17.8. The first-order valence-corrected chi connectivity index (χ1v) is 9.62. The van der Waals surface area contributed by atoms with E-state index >= 15 is 0 Å². The highest BCUT2D eigenvalue weighted by atomic mass is 32.2. The number of carbonyl (C=O) groups excluding carboxylic acids is 2. The molecule has 29 heavy (non-hydrogen) atoms. The molecule has 1 aliphatic rings. The molecule has 0 saturated carbocycles. The second-order valence-corrected chi connectivity index (χ2v) is 8.59. The largest absolute Gasteiger partial charge is 0.534 e. The summed E-state index contributed by atoms with van der Waals surface area (Å²) in [5.41, 5.74) is -6.58. The molecule has 160 valence electrons. The third-order valence-electron chi connectivity index (χ3n) is 3.60. The van der Waals surface area contributed by atoms with Crippen LogP contribution in [0, 0.1) is 0 Å². The Morgan fingerprint density at radius 1 is 1.17 bits per heavy atom. The quantitative estimate of drug-likeness (QED) is 0.578. The van der Waals surface area contributed by atoms with Crippen molar-refractivity contribution in [2.24, 2.45) is 0 Å². The van der Waals surface area contributed by atoms with Crippen LogP contribution in [0.4, 0.5) is 23.7 Å². The highest BCUT2D eigenvalue weighted by molar-refractivity contribution is 7.87. The van der Waals surface area contributed by atoms with Crippen molar-refractivity contribution in [2.75, 3.05) is 11.9 Å². The predicted molar refractivity (Wildman–Crippen MR) is 97.0 cm³/mol. The Bertz CT molecular complexity index is 951. The molecule has 1 aromatic rings. The average molecular weight is 436 g/mol. The summed E-state index contributed by atoms with van der Waals surface area (Å²) in [6.07, 6.45) is -0.234. The van der Waals surface area contributed by atoms with Gasteiger partial charge in [0.1, 0.15) is 11.6 Å². The van der Waals surface area contributed by atoms with Crippen LogP contribution in [0.3, 0.4) is 0 Å². The Morgan fingerprint density at radius 3 is 2.31 bits per heavy atom. The Kier molecular flexibility index (Phi) is 5.89. The maximum absolute atomic E-state index is 12.8. The van der Waals surface area contributed by atoms with Gasteiger partial charge in [-0.05, 0) is 39.0 Å². The van der Waals surface area contributed by atoms with Gasteiger partial charge in [-0.1, -0.05) is 12.1 Å². The van der Waals surface area contributed by atoms with Crippen LogP contribution in [0.2, 0.25) is 0 Å². The monoisotopic (exact) mass is 436 g/mol. The number of ether oxygens (including phenoxy) is 1. The summed E-state index contributed by atoms with van der Waals surface area (Å²) in [6, 6.07) is 4.06. The molecule has 1 atom stereocenters. The van der Waals surface area contributed by atoms with E-state index in [-0.39, 0.29) is 11.3 Å². The number of likely N-dealkylation sites (N-methyl/N-ethyl adjacent to an activating group) is 1. The van der Waals surface area contributed by atoms with Crippen LogP contribution < -0.4 is 10.2 Å². The summed E-state index contributed by atoms with van der Waals surface area (Å²) in [6.45, 7) is 4.72. The molecule has 2 rings (SSSR count). The Balaban J connectivity index is 2.51. The zero-order chi connectivity index (χ0) is 22.2. The lowest BCUT2D eigenvalue weighted by Crippen LogP contribution is -2.47. The van der Waals surface area contributed by atoms with Crippen LogP contribution in [-0.4, -0.2) is 44.6 Å². The van der Waals surface area contributed by atoms with Crippen molar-refractivity contribution in [3.05, 3.63) is 35.9 Å². The van der Waals surface area contributed by atoms with Gasteiger partial charge >= 0.3 is 21.7 Å². The SMILES string of the molecule is CN1C(=O)C(NC(=O)OC(C)(C)C)C=C(OS(=O)(=O)C(F)(F)F)c2ccccc21. The van der Waals surface area contributed by atoms with Crippen LogP contribution in [0.5, 0.6) is 0 Å².